The van der Waals surface area contributed by atoms with Gasteiger partial charge in [-0.05, 0) is 53.4 Å². The Morgan fingerprint density at radius 1 is 1.30 bits per heavy atom. The van der Waals surface area contributed by atoms with Crippen molar-refractivity contribution in [1.29, 1.82) is 0 Å². The average Bonchev–Trinajstić information content (AvgIpc) is 3.13. The number of hydrogen-bond donors (Lipinski definition) is 1. The molecule has 1 N–H and O–H groups in total. The molecule has 0 aliphatic carbocycles. The Hall–Kier alpha value is -0.770. The highest BCUT2D eigenvalue weighted by Gasteiger charge is 2.29. The second kappa shape index (κ2) is 6.79. The Morgan fingerprint density at radius 2 is 2.20 bits per heavy atom. The number of thiophene rings is 1. The lowest BCUT2D eigenvalue weighted by Gasteiger charge is -2.24. The zero-order valence-corrected chi connectivity index (χ0v) is 13.5. The van der Waals surface area contributed by atoms with Crippen molar-refractivity contribution in [3.63, 3.8) is 0 Å². The second-order valence-corrected chi connectivity index (χ2v) is 7.13. The van der Waals surface area contributed by atoms with Gasteiger partial charge in [0, 0.05) is 22.6 Å². The van der Waals surface area contributed by atoms with Gasteiger partial charge in [0.15, 0.2) is 0 Å². The maximum absolute atomic E-state index is 3.72. The molecule has 0 saturated heterocycles. The van der Waals surface area contributed by atoms with Crippen molar-refractivity contribution in [3.8, 4) is 0 Å². The maximum atomic E-state index is 3.72. The lowest BCUT2D eigenvalue weighted by Crippen LogP contribution is -2.35. The lowest BCUT2D eigenvalue weighted by molar-refractivity contribution is 0.439. The molecule has 0 bridgehead atoms. The van der Waals surface area contributed by atoms with Gasteiger partial charge >= 0.3 is 0 Å². The molecule has 2 atom stereocenters. The fourth-order valence-electron chi connectivity index (χ4n) is 2.99. The van der Waals surface area contributed by atoms with Gasteiger partial charge in [0.1, 0.15) is 0 Å². The first-order valence-corrected chi connectivity index (χ1v) is 9.27. The van der Waals surface area contributed by atoms with E-state index >= 15 is 0 Å². The van der Waals surface area contributed by atoms with Crippen LogP contribution in [0.15, 0.2) is 46.0 Å². The number of thioether (sulfide) groups is 1. The van der Waals surface area contributed by atoms with Crippen LogP contribution in [-0.4, -0.2) is 18.3 Å². The van der Waals surface area contributed by atoms with Gasteiger partial charge in [-0.1, -0.05) is 25.1 Å². The average molecular weight is 303 g/mol. The highest BCUT2D eigenvalue weighted by molar-refractivity contribution is 7.99. The molecule has 3 heteroatoms. The zero-order valence-electron chi connectivity index (χ0n) is 11.8. The van der Waals surface area contributed by atoms with Crippen molar-refractivity contribution in [2.75, 3.05) is 12.3 Å². The van der Waals surface area contributed by atoms with Gasteiger partial charge in [0.05, 0.1) is 0 Å². The zero-order chi connectivity index (χ0) is 13.8. The van der Waals surface area contributed by atoms with Crippen molar-refractivity contribution in [2.45, 2.75) is 36.6 Å². The molecule has 2 aromatic rings. The van der Waals surface area contributed by atoms with Gasteiger partial charge in [0.2, 0.25) is 0 Å². The van der Waals surface area contributed by atoms with E-state index in [1.54, 1.807) is 16.9 Å². The van der Waals surface area contributed by atoms with Crippen LogP contribution in [0.4, 0.5) is 0 Å². The van der Waals surface area contributed by atoms with E-state index in [4.69, 9.17) is 0 Å². The lowest BCUT2D eigenvalue weighted by atomic mass is 9.89. The molecule has 2 unspecified atom stereocenters. The summed E-state index contributed by atoms with van der Waals surface area (Å²) in [6, 6.07) is 11.8. The molecule has 0 spiro atoms. The number of rotatable bonds is 6. The molecule has 0 amide bonds. The predicted octanol–water partition coefficient (Wildman–Crippen LogP) is 4.55. The molecule has 1 aliphatic heterocycles. The molecule has 3 rings (SSSR count). The Kier molecular flexibility index (Phi) is 4.81. The van der Waals surface area contributed by atoms with Crippen LogP contribution in [0.25, 0.3) is 0 Å². The number of likely N-dealkylation sites (N-methyl/N-ethyl adjacent to an activating group) is 1. The largest absolute Gasteiger partial charge is 0.314 e. The summed E-state index contributed by atoms with van der Waals surface area (Å²) in [5, 5.41) is 8.17. The van der Waals surface area contributed by atoms with Crippen LogP contribution < -0.4 is 5.32 Å². The highest BCUT2D eigenvalue weighted by Crippen LogP contribution is 2.41. The Labute approximate surface area is 129 Å². The summed E-state index contributed by atoms with van der Waals surface area (Å²) in [4.78, 5) is 1.48. The smallest absolute Gasteiger partial charge is 0.0147 e. The standard InChI is InChI=1S/C17H21NS2/c1-2-18-16(8-7-13-9-10-19-11-13)15-12-20-17-6-4-3-5-14(15)17/h3-6,9-11,15-16,18H,2,7-8,12H2,1H3. The summed E-state index contributed by atoms with van der Waals surface area (Å²) < 4.78 is 0. The van der Waals surface area contributed by atoms with E-state index in [1.165, 1.54) is 29.1 Å². The quantitative estimate of drug-likeness (QED) is 0.840. The first-order chi connectivity index (χ1) is 9.88. The van der Waals surface area contributed by atoms with Gasteiger partial charge < -0.3 is 5.32 Å². The summed E-state index contributed by atoms with van der Waals surface area (Å²) >= 11 is 3.82. The number of nitrogens with one attached hydrogen (secondary N) is 1. The monoisotopic (exact) mass is 303 g/mol. The third-order valence-corrected chi connectivity index (χ3v) is 5.95. The van der Waals surface area contributed by atoms with E-state index in [9.17, 15) is 0 Å². The molecule has 1 nitrogen and oxygen atoms in total. The van der Waals surface area contributed by atoms with Crippen LogP contribution in [0.1, 0.15) is 30.4 Å². The molecule has 0 fully saturated rings. The molecule has 106 valence electrons. The summed E-state index contributed by atoms with van der Waals surface area (Å²) in [6.45, 7) is 3.27. The van der Waals surface area contributed by atoms with Crippen molar-refractivity contribution < 1.29 is 0 Å². The summed E-state index contributed by atoms with van der Waals surface area (Å²) in [5.74, 6) is 1.88. The molecular formula is C17H21NS2. The minimum atomic E-state index is 0.594. The van der Waals surface area contributed by atoms with Gasteiger partial charge in [-0.3, -0.25) is 0 Å². The van der Waals surface area contributed by atoms with Crippen molar-refractivity contribution in [1.82, 2.24) is 5.32 Å². The van der Waals surface area contributed by atoms with E-state index in [2.05, 4.69) is 53.3 Å². The van der Waals surface area contributed by atoms with Crippen molar-refractivity contribution >= 4 is 23.1 Å². The Balaban J connectivity index is 1.71. The fraction of sp³-hybridized carbons (Fsp3) is 0.412. The molecule has 20 heavy (non-hydrogen) atoms. The first-order valence-electron chi connectivity index (χ1n) is 7.34. The molecular weight excluding hydrogens is 282 g/mol. The first kappa shape index (κ1) is 14.2. The van der Waals surface area contributed by atoms with Crippen LogP contribution in [0.3, 0.4) is 0 Å². The van der Waals surface area contributed by atoms with Gasteiger partial charge in [0.25, 0.3) is 0 Å². The Morgan fingerprint density at radius 3 is 3.00 bits per heavy atom. The minimum absolute atomic E-state index is 0.594. The summed E-state index contributed by atoms with van der Waals surface area (Å²) in [6.07, 6.45) is 2.41. The Bertz CT molecular complexity index is 536. The highest BCUT2D eigenvalue weighted by atomic mass is 32.2. The van der Waals surface area contributed by atoms with E-state index in [0.29, 0.717) is 12.0 Å². The van der Waals surface area contributed by atoms with Gasteiger partial charge in [-0.15, -0.1) is 11.8 Å². The molecule has 2 heterocycles. The normalized spacial score (nSPS) is 18.9. The van der Waals surface area contributed by atoms with Gasteiger partial charge in [-0.2, -0.15) is 11.3 Å². The predicted molar refractivity (Wildman–Crippen MR) is 90.0 cm³/mol. The molecule has 0 saturated carbocycles. The second-order valence-electron chi connectivity index (χ2n) is 5.29. The minimum Gasteiger partial charge on any atom is -0.314 e. The molecule has 1 aliphatic rings. The number of benzene rings is 1. The van der Waals surface area contributed by atoms with E-state index in [-0.39, 0.29) is 0 Å². The summed E-state index contributed by atoms with van der Waals surface area (Å²) in [5.41, 5.74) is 3.03. The van der Waals surface area contributed by atoms with Crippen LogP contribution in [0, 0.1) is 0 Å². The van der Waals surface area contributed by atoms with E-state index in [0.717, 1.165) is 6.54 Å². The van der Waals surface area contributed by atoms with E-state index < -0.39 is 0 Å². The molecule has 1 aromatic heterocycles. The fourth-order valence-corrected chi connectivity index (χ4v) is 5.02. The molecule has 1 aromatic carbocycles. The van der Waals surface area contributed by atoms with E-state index in [1.807, 2.05) is 11.8 Å². The molecule has 0 radical (unpaired) electrons. The van der Waals surface area contributed by atoms with Crippen molar-refractivity contribution in [2.24, 2.45) is 0 Å². The van der Waals surface area contributed by atoms with Crippen LogP contribution in [0.5, 0.6) is 0 Å². The third kappa shape index (κ3) is 3.11. The van der Waals surface area contributed by atoms with Crippen molar-refractivity contribution in [3.05, 3.63) is 52.2 Å². The van der Waals surface area contributed by atoms with Crippen LogP contribution in [0.2, 0.25) is 0 Å². The number of aryl methyl sites for hydroxylation is 1. The van der Waals surface area contributed by atoms with Gasteiger partial charge in [-0.25, -0.2) is 0 Å². The SMILES string of the molecule is CCNC(CCc1ccsc1)C1CSc2ccccc21. The number of fused-ring (bicyclic) bond motifs is 1. The van der Waals surface area contributed by atoms with Crippen LogP contribution >= 0.6 is 23.1 Å². The maximum Gasteiger partial charge on any atom is 0.0147 e. The van der Waals surface area contributed by atoms with Crippen LogP contribution in [-0.2, 0) is 6.42 Å². The topological polar surface area (TPSA) is 12.0 Å². The summed E-state index contributed by atoms with van der Waals surface area (Å²) in [7, 11) is 0. The number of hydrogen-bond acceptors (Lipinski definition) is 3. The third-order valence-electron chi connectivity index (χ3n) is 4.01.